The summed E-state index contributed by atoms with van der Waals surface area (Å²) >= 11 is 0. The van der Waals surface area contributed by atoms with E-state index in [0.29, 0.717) is 38.0 Å². The minimum Gasteiger partial charge on any atom is -0.457 e. The highest BCUT2D eigenvalue weighted by Crippen LogP contribution is 2.39. The number of hydrogen-bond acceptors (Lipinski definition) is 6. The molecule has 1 aromatic rings. The second-order valence-electron chi connectivity index (χ2n) is 8.92. The number of fused-ring (bicyclic) bond motifs is 1. The largest absolute Gasteiger partial charge is 0.457 e. The number of ether oxygens (including phenoxy) is 3. The number of hydrogen-bond donors (Lipinski definition) is 0. The minimum atomic E-state index is -0.618. The Balaban J connectivity index is 1.47. The second-order valence-corrected chi connectivity index (χ2v) is 8.92. The van der Waals surface area contributed by atoms with Crippen LogP contribution >= 0.6 is 0 Å². The van der Waals surface area contributed by atoms with Crippen molar-refractivity contribution in [1.82, 2.24) is 4.90 Å². The number of amides is 2. The van der Waals surface area contributed by atoms with E-state index >= 15 is 0 Å². The number of benzene rings is 1. The van der Waals surface area contributed by atoms with Gasteiger partial charge in [0.25, 0.3) is 0 Å². The third kappa shape index (κ3) is 3.52. The molecular formula is C21H26N2O6. The van der Waals surface area contributed by atoms with Gasteiger partial charge in [0.1, 0.15) is 17.8 Å². The van der Waals surface area contributed by atoms with Crippen molar-refractivity contribution in [2.24, 2.45) is 0 Å². The average Bonchev–Trinajstić information content (AvgIpc) is 3.16. The number of carbonyl (C=O) groups excluding carboxylic acids is 3. The van der Waals surface area contributed by atoms with Crippen LogP contribution in [0, 0.1) is 6.92 Å². The molecule has 0 aliphatic carbocycles. The molecule has 0 bridgehead atoms. The Bertz CT molecular complexity index is 880. The molecule has 2 fully saturated rings. The first-order valence-electron chi connectivity index (χ1n) is 9.87. The van der Waals surface area contributed by atoms with E-state index in [1.54, 1.807) is 21.9 Å². The molecule has 8 nitrogen and oxygen atoms in total. The lowest BCUT2D eigenvalue weighted by atomic mass is 9.91. The lowest BCUT2D eigenvalue weighted by Gasteiger charge is -2.37. The second kappa shape index (κ2) is 6.64. The van der Waals surface area contributed by atoms with Gasteiger partial charge < -0.3 is 19.1 Å². The SMILES string of the molecule is Cc1c(N2CC3(CCN(C(=O)OC(C)(C)C)CC3)OC2=O)ccc2c1COC2=O. The van der Waals surface area contributed by atoms with E-state index in [4.69, 9.17) is 14.2 Å². The number of anilines is 1. The van der Waals surface area contributed by atoms with Crippen LogP contribution in [0.25, 0.3) is 0 Å². The zero-order valence-electron chi connectivity index (χ0n) is 17.2. The molecule has 4 rings (SSSR count). The maximum atomic E-state index is 12.7. The van der Waals surface area contributed by atoms with E-state index in [9.17, 15) is 14.4 Å². The van der Waals surface area contributed by atoms with Crippen molar-refractivity contribution >= 4 is 23.8 Å². The standard InChI is InChI=1S/C21H26N2O6/c1-13-15-11-27-17(24)14(15)5-6-16(13)23-12-21(29-19(23)26)7-9-22(10-8-21)18(25)28-20(2,3)4/h5-6H,7-12H2,1-4H3. The summed E-state index contributed by atoms with van der Waals surface area (Å²) in [5.74, 6) is -0.329. The number of likely N-dealkylation sites (tertiary alicyclic amines) is 1. The van der Waals surface area contributed by atoms with Crippen molar-refractivity contribution < 1.29 is 28.6 Å². The predicted octanol–water partition coefficient (Wildman–Crippen LogP) is 3.39. The van der Waals surface area contributed by atoms with Gasteiger partial charge in [-0.1, -0.05) is 0 Å². The van der Waals surface area contributed by atoms with E-state index in [1.165, 1.54) is 0 Å². The highest BCUT2D eigenvalue weighted by molar-refractivity contribution is 5.97. The quantitative estimate of drug-likeness (QED) is 0.529. The molecule has 1 aromatic carbocycles. The summed E-state index contributed by atoms with van der Waals surface area (Å²) in [5, 5.41) is 0. The molecule has 8 heteroatoms. The van der Waals surface area contributed by atoms with Crippen LogP contribution < -0.4 is 4.90 Å². The smallest absolute Gasteiger partial charge is 0.415 e. The fourth-order valence-corrected chi connectivity index (χ4v) is 4.12. The van der Waals surface area contributed by atoms with Crippen LogP contribution in [-0.2, 0) is 20.8 Å². The van der Waals surface area contributed by atoms with E-state index in [1.807, 2.05) is 27.7 Å². The van der Waals surface area contributed by atoms with Crippen LogP contribution in [0.4, 0.5) is 15.3 Å². The lowest BCUT2D eigenvalue weighted by Crippen LogP contribution is -2.49. The number of cyclic esters (lactones) is 1. The third-order valence-corrected chi connectivity index (χ3v) is 5.73. The van der Waals surface area contributed by atoms with Gasteiger partial charge in [-0.15, -0.1) is 0 Å². The summed E-state index contributed by atoms with van der Waals surface area (Å²) in [4.78, 5) is 40.0. The highest BCUT2D eigenvalue weighted by atomic mass is 16.6. The summed E-state index contributed by atoms with van der Waals surface area (Å²) in [7, 11) is 0. The van der Waals surface area contributed by atoms with Gasteiger partial charge in [-0.2, -0.15) is 0 Å². The van der Waals surface area contributed by atoms with Crippen LogP contribution in [0.15, 0.2) is 12.1 Å². The van der Waals surface area contributed by atoms with Gasteiger partial charge in [0.05, 0.1) is 17.8 Å². The molecule has 3 aliphatic heterocycles. The molecule has 0 aromatic heterocycles. The maximum Gasteiger partial charge on any atom is 0.415 e. The minimum absolute atomic E-state index is 0.229. The highest BCUT2D eigenvalue weighted by Gasteiger charge is 2.49. The Labute approximate surface area is 169 Å². The number of nitrogens with zero attached hydrogens (tertiary/aromatic N) is 2. The summed E-state index contributed by atoms with van der Waals surface area (Å²) < 4.78 is 16.3. The van der Waals surface area contributed by atoms with E-state index in [0.717, 1.165) is 16.8 Å². The molecule has 0 N–H and O–H groups in total. The Morgan fingerprint density at radius 3 is 2.52 bits per heavy atom. The van der Waals surface area contributed by atoms with Gasteiger partial charge in [0.15, 0.2) is 0 Å². The van der Waals surface area contributed by atoms with Crippen molar-refractivity contribution in [3.8, 4) is 0 Å². The van der Waals surface area contributed by atoms with E-state index in [2.05, 4.69) is 0 Å². The first kappa shape index (κ1) is 19.5. The van der Waals surface area contributed by atoms with Crippen molar-refractivity contribution in [2.75, 3.05) is 24.5 Å². The Kier molecular flexibility index (Phi) is 4.47. The van der Waals surface area contributed by atoms with Crippen LogP contribution in [0.1, 0.15) is 55.1 Å². The molecule has 2 saturated heterocycles. The van der Waals surface area contributed by atoms with Gasteiger partial charge in [-0.25, -0.2) is 14.4 Å². The monoisotopic (exact) mass is 402 g/mol. The first-order chi connectivity index (χ1) is 13.6. The van der Waals surface area contributed by atoms with Crippen molar-refractivity contribution in [1.29, 1.82) is 0 Å². The molecule has 1 spiro atoms. The van der Waals surface area contributed by atoms with Crippen LogP contribution in [0.3, 0.4) is 0 Å². The number of piperidine rings is 1. The summed E-state index contributed by atoms with van der Waals surface area (Å²) in [6.45, 7) is 9.00. The molecule has 0 atom stereocenters. The maximum absolute atomic E-state index is 12.7. The van der Waals surface area contributed by atoms with E-state index < -0.39 is 17.3 Å². The van der Waals surface area contributed by atoms with Gasteiger partial charge in [0, 0.05) is 31.5 Å². The fourth-order valence-electron chi connectivity index (χ4n) is 4.12. The van der Waals surface area contributed by atoms with Crippen molar-refractivity contribution in [3.05, 3.63) is 28.8 Å². The zero-order chi connectivity index (χ0) is 21.0. The van der Waals surface area contributed by atoms with Gasteiger partial charge in [-0.05, 0) is 45.4 Å². The molecule has 2 amide bonds. The summed E-state index contributed by atoms with van der Waals surface area (Å²) in [6.07, 6.45) is 0.372. The molecule has 29 heavy (non-hydrogen) atoms. The average molecular weight is 402 g/mol. The van der Waals surface area contributed by atoms with Crippen LogP contribution in [0.2, 0.25) is 0 Å². The summed E-state index contributed by atoms with van der Waals surface area (Å²) in [6, 6.07) is 3.48. The third-order valence-electron chi connectivity index (χ3n) is 5.73. The van der Waals surface area contributed by atoms with Gasteiger partial charge in [0.2, 0.25) is 0 Å². The molecule has 0 unspecified atom stereocenters. The molecule has 3 heterocycles. The van der Waals surface area contributed by atoms with Crippen molar-refractivity contribution in [2.45, 2.75) is 58.3 Å². The first-order valence-corrected chi connectivity index (χ1v) is 9.87. The number of carbonyl (C=O) groups is 3. The Hall–Kier alpha value is -2.77. The normalized spacial score (nSPS) is 20.6. The molecule has 0 saturated carbocycles. The fraction of sp³-hybridized carbons (Fsp3) is 0.571. The van der Waals surface area contributed by atoms with Crippen molar-refractivity contribution in [3.63, 3.8) is 0 Å². The number of esters is 1. The van der Waals surface area contributed by atoms with Gasteiger partial charge in [-0.3, -0.25) is 4.90 Å². The zero-order valence-corrected chi connectivity index (χ0v) is 17.2. The molecule has 0 radical (unpaired) electrons. The van der Waals surface area contributed by atoms with Crippen LogP contribution in [-0.4, -0.2) is 53.9 Å². The number of rotatable bonds is 1. The topological polar surface area (TPSA) is 85.4 Å². The molecule has 156 valence electrons. The molecular weight excluding hydrogens is 376 g/mol. The van der Waals surface area contributed by atoms with Gasteiger partial charge >= 0.3 is 18.2 Å². The molecule has 3 aliphatic rings. The Morgan fingerprint density at radius 1 is 1.17 bits per heavy atom. The van der Waals surface area contributed by atoms with E-state index in [-0.39, 0.29) is 18.7 Å². The van der Waals surface area contributed by atoms with Crippen LogP contribution in [0.5, 0.6) is 0 Å². The lowest BCUT2D eigenvalue weighted by molar-refractivity contribution is -0.0167. The Morgan fingerprint density at radius 2 is 1.86 bits per heavy atom. The predicted molar refractivity (Wildman–Crippen MR) is 104 cm³/mol. The summed E-state index contributed by atoms with van der Waals surface area (Å²) in [5.41, 5.74) is 1.80.